The molecule has 76 valence electrons. The van der Waals surface area contributed by atoms with Crippen LogP contribution in [0.15, 0.2) is 33.9 Å². The van der Waals surface area contributed by atoms with E-state index < -0.39 is 0 Å². The molecule has 0 saturated heterocycles. The second-order valence-electron chi connectivity index (χ2n) is 3.10. The Morgan fingerprint density at radius 3 is 3.07 bits per heavy atom. The Balaban J connectivity index is 2.00. The van der Waals surface area contributed by atoms with Gasteiger partial charge in [-0.1, -0.05) is 23.9 Å². The van der Waals surface area contributed by atoms with Crippen molar-refractivity contribution in [2.75, 3.05) is 5.75 Å². The topological polar surface area (TPSA) is 26.0 Å². The maximum atomic E-state index is 5.55. The number of para-hydroxylation sites is 2. The van der Waals surface area contributed by atoms with E-state index in [1.54, 1.807) is 11.8 Å². The van der Waals surface area contributed by atoms with Crippen molar-refractivity contribution in [3.63, 3.8) is 0 Å². The standard InChI is InChI=1S/C12H11NOS/c1-2-3-6-9-15-12-13-10-7-4-5-8-11(10)14-12/h1,4-5,7-8H,3,6,9H2. The van der Waals surface area contributed by atoms with Crippen molar-refractivity contribution in [2.45, 2.75) is 18.1 Å². The van der Waals surface area contributed by atoms with Gasteiger partial charge in [0.05, 0.1) is 0 Å². The molecule has 0 N–H and O–H groups in total. The van der Waals surface area contributed by atoms with E-state index >= 15 is 0 Å². The average molecular weight is 217 g/mol. The molecule has 15 heavy (non-hydrogen) atoms. The molecule has 1 aromatic heterocycles. The van der Waals surface area contributed by atoms with Crippen molar-refractivity contribution in [3.05, 3.63) is 24.3 Å². The lowest BCUT2D eigenvalue weighted by atomic mass is 10.3. The van der Waals surface area contributed by atoms with Crippen LogP contribution in [0.3, 0.4) is 0 Å². The van der Waals surface area contributed by atoms with Gasteiger partial charge in [0.25, 0.3) is 5.22 Å². The fraction of sp³-hybridized carbons (Fsp3) is 0.250. The molecule has 0 saturated carbocycles. The van der Waals surface area contributed by atoms with Crippen LogP contribution < -0.4 is 0 Å². The molecule has 0 radical (unpaired) electrons. The highest BCUT2D eigenvalue weighted by molar-refractivity contribution is 7.99. The van der Waals surface area contributed by atoms with E-state index in [1.165, 1.54) is 0 Å². The quantitative estimate of drug-likeness (QED) is 0.446. The van der Waals surface area contributed by atoms with E-state index in [4.69, 9.17) is 10.8 Å². The van der Waals surface area contributed by atoms with Gasteiger partial charge in [0.2, 0.25) is 0 Å². The Bertz CT molecular complexity index is 451. The summed E-state index contributed by atoms with van der Waals surface area (Å²) in [6.45, 7) is 0. The Labute approximate surface area is 93.1 Å². The van der Waals surface area contributed by atoms with Crippen LogP contribution in [-0.4, -0.2) is 10.7 Å². The Morgan fingerprint density at radius 2 is 2.27 bits per heavy atom. The van der Waals surface area contributed by atoms with Crippen LogP contribution >= 0.6 is 11.8 Å². The highest BCUT2D eigenvalue weighted by Crippen LogP contribution is 2.23. The summed E-state index contributed by atoms with van der Waals surface area (Å²) in [5.41, 5.74) is 1.76. The zero-order chi connectivity index (χ0) is 10.5. The lowest BCUT2D eigenvalue weighted by Crippen LogP contribution is -1.78. The second-order valence-corrected chi connectivity index (χ2v) is 4.15. The van der Waals surface area contributed by atoms with Crippen LogP contribution in [0.2, 0.25) is 0 Å². The monoisotopic (exact) mass is 217 g/mol. The molecule has 0 aliphatic heterocycles. The summed E-state index contributed by atoms with van der Waals surface area (Å²) in [4.78, 5) is 4.35. The van der Waals surface area contributed by atoms with Gasteiger partial charge >= 0.3 is 0 Å². The lowest BCUT2D eigenvalue weighted by Gasteiger charge is -1.91. The van der Waals surface area contributed by atoms with Crippen LogP contribution in [-0.2, 0) is 0 Å². The van der Waals surface area contributed by atoms with Crippen LogP contribution in [0.5, 0.6) is 0 Å². The lowest BCUT2D eigenvalue weighted by molar-refractivity contribution is 0.489. The third-order valence-corrected chi connectivity index (χ3v) is 2.88. The molecule has 0 aliphatic carbocycles. The maximum Gasteiger partial charge on any atom is 0.256 e. The first-order valence-electron chi connectivity index (χ1n) is 4.82. The summed E-state index contributed by atoms with van der Waals surface area (Å²) in [5.74, 6) is 3.57. The summed E-state index contributed by atoms with van der Waals surface area (Å²) in [7, 11) is 0. The number of thioether (sulfide) groups is 1. The summed E-state index contributed by atoms with van der Waals surface area (Å²) >= 11 is 1.61. The molecule has 0 bridgehead atoms. The van der Waals surface area contributed by atoms with Crippen molar-refractivity contribution in [2.24, 2.45) is 0 Å². The Kier molecular flexibility index (Phi) is 3.31. The van der Waals surface area contributed by atoms with Crippen LogP contribution in [0.1, 0.15) is 12.8 Å². The molecule has 0 atom stereocenters. The fourth-order valence-electron chi connectivity index (χ4n) is 1.25. The minimum atomic E-state index is 0.730. The number of oxazole rings is 1. The molecule has 1 heterocycles. The predicted molar refractivity (Wildman–Crippen MR) is 62.8 cm³/mol. The number of rotatable bonds is 4. The molecule has 0 unspecified atom stereocenters. The molecular weight excluding hydrogens is 206 g/mol. The minimum Gasteiger partial charge on any atom is -0.431 e. The third-order valence-electron chi connectivity index (χ3n) is 1.97. The van der Waals surface area contributed by atoms with Gasteiger partial charge in [0.15, 0.2) is 5.58 Å². The first-order chi connectivity index (χ1) is 7.40. The first kappa shape index (κ1) is 10.1. The van der Waals surface area contributed by atoms with Crippen molar-refractivity contribution < 1.29 is 4.42 Å². The van der Waals surface area contributed by atoms with Crippen molar-refractivity contribution in [1.29, 1.82) is 0 Å². The predicted octanol–water partition coefficient (Wildman–Crippen LogP) is 3.33. The van der Waals surface area contributed by atoms with Crippen molar-refractivity contribution in [1.82, 2.24) is 4.98 Å². The second kappa shape index (κ2) is 4.90. The van der Waals surface area contributed by atoms with Gasteiger partial charge in [-0.15, -0.1) is 12.3 Å². The molecule has 3 heteroatoms. The van der Waals surface area contributed by atoms with E-state index in [2.05, 4.69) is 10.9 Å². The van der Waals surface area contributed by atoms with Gasteiger partial charge < -0.3 is 4.42 Å². The highest BCUT2D eigenvalue weighted by atomic mass is 32.2. The summed E-state index contributed by atoms with van der Waals surface area (Å²) < 4.78 is 5.55. The number of hydrogen-bond donors (Lipinski definition) is 0. The van der Waals surface area contributed by atoms with Crippen LogP contribution in [0.4, 0.5) is 0 Å². The fourth-order valence-corrected chi connectivity index (χ4v) is 2.02. The molecule has 1 aromatic carbocycles. The van der Waals surface area contributed by atoms with Gasteiger partial charge in [0.1, 0.15) is 5.52 Å². The van der Waals surface area contributed by atoms with Crippen LogP contribution in [0, 0.1) is 12.3 Å². The van der Waals surface area contributed by atoms with E-state index in [9.17, 15) is 0 Å². The van der Waals surface area contributed by atoms with Gasteiger partial charge in [-0.2, -0.15) is 0 Å². The molecule has 0 amide bonds. The summed E-state index contributed by atoms with van der Waals surface area (Å²) in [6.07, 6.45) is 6.98. The van der Waals surface area contributed by atoms with Crippen molar-refractivity contribution in [3.8, 4) is 12.3 Å². The van der Waals surface area contributed by atoms with E-state index in [0.29, 0.717) is 0 Å². The molecular formula is C12H11NOS. The number of unbranched alkanes of at least 4 members (excludes halogenated alkanes) is 1. The highest BCUT2D eigenvalue weighted by Gasteiger charge is 2.04. The van der Waals surface area contributed by atoms with Gasteiger partial charge in [-0.05, 0) is 18.6 Å². The van der Waals surface area contributed by atoms with Gasteiger partial charge in [-0.25, -0.2) is 4.98 Å². The zero-order valence-corrected chi connectivity index (χ0v) is 9.09. The molecule has 0 spiro atoms. The van der Waals surface area contributed by atoms with E-state index in [0.717, 1.165) is 34.9 Å². The smallest absolute Gasteiger partial charge is 0.256 e. The number of fused-ring (bicyclic) bond motifs is 1. The van der Waals surface area contributed by atoms with Crippen LogP contribution in [0.25, 0.3) is 11.1 Å². The number of hydrogen-bond acceptors (Lipinski definition) is 3. The largest absolute Gasteiger partial charge is 0.431 e. The summed E-state index contributed by atoms with van der Waals surface area (Å²) in [6, 6.07) is 7.77. The zero-order valence-electron chi connectivity index (χ0n) is 8.27. The van der Waals surface area contributed by atoms with Crippen molar-refractivity contribution >= 4 is 22.9 Å². The minimum absolute atomic E-state index is 0.730. The maximum absolute atomic E-state index is 5.55. The van der Waals surface area contributed by atoms with E-state index in [-0.39, 0.29) is 0 Å². The van der Waals surface area contributed by atoms with Gasteiger partial charge in [-0.3, -0.25) is 0 Å². The van der Waals surface area contributed by atoms with Gasteiger partial charge in [0, 0.05) is 12.2 Å². The molecule has 2 rings (SSSR count). The number of terminal acetylenes is 1. The Morgan fingerprint density at radius 1 is 1.40 bits per heavy atom. The average Bonchev–Trinajstić information content (AvgIpc) is 2.67. The molecule has 2 aromatic rings. The molecule has 0 fully saturated rings. The molecule has 0 aliphatic rings. The Hall–Kier alpha value is -1.40. The van der Waals surface area contributed by atoms with E-state index in [1.807, 2.05) is 24.3 Å². The third kappa shape index (κ3) is 2.54. The normalized spacial score (nSPS) is 10.3. The first-order valence-corrected chi connectivity index (χ1v) is 5.80. The molecule has 2 nitrogen and oxygen atoms in total. The number of benzene rings is 1. The number of nitrogens with zero attached hydrogens (tertiary/aromatic N) is 1. The number of aromatic nitrogens is 1. The SMILES string of the molecule is C#CCCCSc1nc2ccccc2o1. The summed E-state index contributed by atoms with van der Waals surface area (Å²) in [5, 5.41) is 0.730.